The molecule has 1 amide bonds. The second kappa shape index (κ2) is 49.0. The van der Waals surface area contributed by atoms with Crippen LogP contribution in [0.5, 0.6) is 0 Å². The Labute approximate surface area is 364 Å². The maximum Gasteiger partial charge on any atom is 0.220 e. The Morgan fingerprint density at radius 3 is 0.828 bits per heavy atom. The first kappa shape index (κ1) is 57.3. The van der Waals surface area contributed by atoms with Crippen LogP contribution in [0.4, 0.5) is 0 Å². The first-order valence-electron chi connectivity index (χ1n) is 26.8. The molecule has 0 saturated heterocycles. The molecule has 0 rings (SSSR count). The fourth-order valence-corrected chi connectivity index (χ4v) is 8.81. The van der Waals surface area contributed by atoms with E-state index in [1.165, 1.54) is 250 Å². The maximum atomic E-state index is 12.5. The average Bonchev–Trinajstić information content (AvgIpc) is 3.23. The lowest BCUT2D eigenvalue weighted by molar-refractivity contribution is -0.124. The largest absolute Gasteiger partial charge is 0.394 e. The molecule has 348 valence electrons. The van der Waals surface area contributed by atoms with Gasteiger partial charge in [0.25, 0.3) is 0 Å². The van der Waals surface area contributed by atoms with Crippen molar-refractivity contribution in [3.63, 3.8) is 0 Å². The van der Waals surface area contributed by atoms with Gasteiger partial charge in [0, 0.05) is 6.42 Å². The lowest BCUT2D eigenvalue weighted by Gasteiger charge is -2.26. The molecular weight excluding hydrogens is 715 g/mol. The quantitative estimate of drug-likeness (QED) is 0.0460. The van der Waals surface area contributed by atoms with Gasteiger partial charge in [-0.05, 0) is 12.8 Å². The van der Waals surface area contributed by atoms with Crippen LogP contribution >= 0.6 is 0 Å². The summed E-state index contributed by atoms with van der Waals surface area (Å²) in [7, 11) is 0. The topological polar surface area (TPSA) is 89.8 Å². The number of carbonyl (C=O) groups is 1. The number of hydrogen-bond donors (Lipinski definition) is 4. The van der Waals surface area contributed by atoms with E-state index in [-0.39, 0.29) is 12.5 Å². The Hall–Kier alpha value is -0.650. The normalized spacial score (nSPS) is 13.3. The van der Waals surface area contributed by atoms with Crippen molar-refractivity contribution in [2.24, 2.45) is 0 Å². The fraction of sp³-hybridized carbons (Fsp3) is 0.981. The van der Waals surface area contributed by atoms with E-state index < -0.39 is 18.2 Å². The van der Waals surface area contributed by atoms with Crippen molar-refractivity contribution in [1.82, 2.24) is 5.32 Å². The summed E-state index contributed by atoms with van der Waals surface area (Å²) in [5.41, 5.74) is 0. The molecule has 0 aliphatic rings. The third-order valence-corrected chi connectivity index (χ3v) is 13.0. The predicted octanol–water partition coefficient (Wildman–Crippen LogP) is 16.2. The van der Waals surface area contributed by atoms with Gasteiger partial charge >= 0.3 is 0 Å². The maximum absolute atomic E-state index is 12.5. The molecule has 5 nitrogen and oxygen atoms in total. The molecule has 0 aliphatic heterocycles. The Bertz CT molecular complexity index is 777. The highest BCUT2D eigenvalue weighted by molar-refractivity contribution is 5.76. The van der Waals surface area contributed by atoms with Crippen molar-refractivity contribution < 1.29 is 20.1 Å². The molecular formula is C53H107NO4. The van der Waals surface area contributed by atoms with Gasteiger partial charge in [-0.2, -0.15) is 0 Å². The summed E-state index contributed by atoms with van der Waals surface area (Å²) in [5.74, 6) is -0.136. The van der Waals surface area contributed by atoms with E-state index in [0.29, 0.717) is 12.8 Å². The summed E-state index contributed by atoms with van der Waals surface area (Å²) in [5, 5.41) is 33.8. The minimum atomic E-state index is -1.13. The number of hydrogen-bond acceptors (Lipinski definition) is 4. The Balaban J connectivity index is 3.51. The molecule has 0 fully saturated rings. The van der Waals surface area contributed by atoms with Crippen molar-refractivity contribution in [3.8, 4) is 0 Å². The molecule has 4 N–H and O–H groups in total. The molecule has 0 aliphatic carbocycles. The van der Waals surface area contributed by atoms with Crippen LogP contribution in [-0.4, -0.2) is 46.1 Å². The number of aliphatic hydroxyl groups excluding tert-OH is 3. The van der Waals surface area contributed by atoms with E-state index in [1.807, 2.05) is 0 Å². The smallest absolute Gasteiger partial charge is 0.220 e. The standard InChI is InChI=1S/C53H107NO4/c1-3-5-7-9-11-13-15-17-19-21-23-25-26-28-29-31-33-35-37-39-41-43-45-47-51(56)53(58)50(49-55)54-52(57)48-46-44-42-40-38-36-34-32-30-27-24-22-20-18-16-14-12-10-8-6-4-2/h50-51,53,55-56,58H,3-49H2,1-2H3,(H,54,57). The van der Waals surface area contributed by atoms with Gasteiger partial charge in [0.05, 0.1) is 18.8 Å². The van der Waals surface area contributed by atoms with Crippen LogP contribution in [-0.2, 0) is 4.79 Å². The van der Waals surface area contributed by atoms with Crippen molar-refractivity contribution in [2.75, 3.05) is 6.61 Å². The number of amides is 1. The van der Waals surface area contributed by atoms with Gasteiger partial charge in [0.1, 0.15) is 6.10 Å². The Kier molecular flexibility index (Phi) is 48.5. The number of unbranched alkanes of at least 4 members (excludes halogenated alkanes) is 42. The molecule has 0 aromatic rings. The monoisotopic (exact) mass is 822 g/mol. The van der Waals surface area contributed by atoms with Gasteiger partial charge in [0.15, 0.2) is 0 Å². The minimum absolute atomic E-state index is 0.136. The van der Waals surface area contributed by atoms with Crippen LogP contribution in [0.3, 0.4) is 0 Å². The predicted molar refractivity (Wildman–Crippen MR) is 255 cm³/mol. The summed E-state index contributed by atoms with van der Waals surface area (Å²) in [4.78, 5) is 12.5. The molecule has 0 radical (unpaired) electrons. The Morgan fingerprint density at radius 2 is 0.586 bits per heavy atom. The van der Waals surface area contributed by atoms with Gasteiger partial charge in [0.2, 0.25) is 5.91 Å². The van der Waals surface area contributed by atoms with E-state index in [9.17, 15) is 20.1 Å². The summed E-state index contributed by atoms with van der Waals surface area (Å²) in [6, 6.07) is -0.804. The number of aliphatic hydroxyl groups is 3. The molecule has 0 spiro atoms. The third-order valence-electron chi connectivity index (χ3n) is 13.0. The van der Waals surface area contributed by atoms with E-state index >= 15 is 0 Å². The summed E-state index contributed by atoms with van der Waals surface area (Å²) in [6.45, 7) is 4.22. The van der Waals surface area contributed by atoms with Crippen molar-refractivity contribution in [1.29, 1.82) is 0 Å². The molecule has 0 heterocycles. The number of nitrogens with one attached hydrogen (secondary N) is 1. The van der Waals surface area contributed by atoms with Crippen molar-refractivity contribution >= 4 is 5.91 Å². The highest BCUT2D eigenvalue weighted by Gasteiger charge is 2.26. The molecule has 5 heteroatoms. The third kappa shape index (κ3) is 43.4. The van der Waals surface area contributed by atoms with Crippen LogP contribution in [0.15, 0.2) is 0 Å². The first-order valence-corrected chi connectivity index (χ1v) is 26.8. The van der Waals surface area contributed by atoms with Crippen LogP contribution in [0.1, 0.15) is 309 Å². The summed E-state index contributed by atoms with van der Waals surface area (Å²) >= 11 is 0. The zero-order chi connectivity index (χ0) is 42.3. The van der Waals surface area contributed by atoms with Gasteiger partial charge in [-0.3, -0.25) is 4.79 Å². The van der Waals surface area contributed by atoms with Gasteiger partial charge in [-0.1, -0.05) is 290 Å². The van der Waals surface area contributed by atoms with E-state index in [2.05, 4.69) is 19.2 Å². The highest BCUT2D eigenvalue weighted by Crippen LogP contribution is 2.18. The van der Waals surface area contributed by atoms with Gasteiger partial charge < -0.3 is 20.6 Å². The van der Waals surface area contributed by atoms with Crippen LogP contribution in [0.25, 0.3) is 0 Å². The van der Waals surface area contributed by atoms with Crippen molar-refractivity contribution in [2.45, 2.75) is 327 Å². The molecule has 0 aromatic heterocycles. The van der Waals surface area contributed by atoms with E-state index in [0.717, 1.165) is 32.1 Å². The van der Waals surface area contributed by atoms with E-state index in [4.69, 9.17) is 0 Å². The Morgan fingerprint density at radius 1 is 0.362 bits per heavy atom. The second-order valence-electron chi connectivity index (χ2n) is 18.8. The zero-order valence-electron chi connectivity index (χ0n) is 39.7. The first-order chi connectivity index (χ1) is 28.6. The zero-order valence-corrected chi connectivity index (χ0v) is 39.7. The van der Waals surface area contributed by atoms with Crippen LogP contribution < -0.4 is 5.32 Å². The number of rotatable bonds is 50. The molecule has 0 saturated carbocycles. The summed E-state index contributed by atoms with van der Waals surface area (Å²) in [6.07, 6.45) is 58.1. The average molecular weight is 822 g/mol. The lowest BCUT2D eigenvalue weighted by Crippen LogP contribution is -2.50. The minimum Gasteiger partial charge on any atom is -0.394 e. The summed E-state index contributed by atoms with van der Waals surface area (Å²) < 4.78 is 0. The second-order valence-corrected chi connectivity index (χ2v) is 18.8. The lowest BCUT2D eigenvalue weighted by atomic mass is 9.99. The SMILES string of the molecule is CCCCCCCCCCCCCCCCCCCCCCCCCC(O)C(O)C(CO)NC(=O)CCCCCCCCCCCCCCCCCCCCCCC. The fourth-order valence-electron chi connectivity index (χ4n) is 8.81. The molecule has 3 unspecified atom stereocenters. The van der Waals surface area contributed by atoms with Crippen LogP contribution in [0, 0.1) is 0 Å². The molecule has 0 aromatic carbocycles. The van der Waals surface area contributed by atoms with Gasteiger partial charge in [-0.15, -0.1) is 0 Å². The van der Waals surface area contributed by atoms with E-state index in [1.54, 1.807) is 0 Å². The van der Waals surface area contributed by atoms with Crippen molar-refractivity contribution in [3.05, 3.63) is 0 Å². The molecule has 0 bridgehead atoms. The molecule has 58 heavy (non-hydrogen) atoms. The molecule has 3 atom stereocenters. The number of carbonyl (C=O) groups excluding carboxylic acids is 1. The van der Waals surface area contributed by atoms with Crippen LogP contribution in [0.2, 0.25) is 0 Å². The highest BCUT2D eigenvalue weighted by atomic mass is 16.3. The van der Waals surface area contributed by atoms with Gasteiger partial charge in [-0.25, -0.2) is 0 Å².